The van der Waals surface area contributed by atoms with Crippen molar-refractivity contribution in [1.82, 2.24) is 20.2 Å². The highest BCUT2D eigenvalue weighted by Crippen LogP contribution is 2.41. The summed E-state index contributed by atoms with van der Waals surface area (Å²) in [7, 11) is 1.31. The third-order valence-electron chi connectivity index (χ3n) is 7.59. The van der Waals surface area contributed by atoms with E-state index >= 15 is 0 Å². The standard InChI is InChI=1S/C28H28FN5O8/c1-3-28(40)17-7-20-25-15(11-34(20)26(38)16(17)12-42-27(28)39)14(13-6-21(41-2)18(29)8-19(13)33-25)9-31-24(37)10-32-23(36)5-4-22(30)35/h6-8,40H,3-5,9-12H2,1-2H3,(H2,30,35)(H,31,37)(H,32,36)/t28-/m0/s1. The Hall–Kier alpha value is -4.85. The number of rotatable bonds is 9. The van der Waals surface area contributed by atoms with Gasteiger partial charge in [-0.1, -0.05) is 6.92 Å². The van der Waals surface area contributed by atoms with E-state index in [2.05, 4.69) is 15.6 Å². The quantitative estimate of drug-likeness (QED) is 0.200. The molecule has 0 unspecified atom stereocenters. The highest BCUT2D eigenvalue weighted by molar-refractivity contribution is 5.91. The molecule has 0 saturated heterocycles. The van der Waals surface area contributed by atoms with Crippen molar-refractivity contribution in [2.45, 2.75) is 51.5 Å². The molecule has 42 heavy (non-hydrogen) atoms. The lowest BCUT2D eigenvalue weighted by Crippen LogP contribution is -2.44. The van der Waals surface area contributed by atoms with Crippen molar-refractivity contribution in [3.05, 3.63) is 56.6 Å². The van der Waals surface area contributed by atoms with Crippen molar-refractivity contribution >= 4 is 34.6 Å². The van der Waals surface area contributed by atoms with Crippen molar-refractivity contribution < 1.29 is 38.1 Å². The Morgan fingerprint density at radius 3 is 2.62 bits per heavy atom. The first kappa shape index (κ1) is 28.7. The summed E-state index contributed by atoms with van der Waals surface area (Å²) in [6.45, 7) is 0.911. The second kappa shape index (κ2) is 10.9. The Kier molecular flexibility index (Phi) is 7.41. The van der Waals surface area contributed by atoms with E-state index in [0.29, 0.717) is 27.9 Å². The first-order valence-electron chi connectivity index (χ1n) is 13.2. The number of primary amides is 1. The number of cyclic esters (lactones) is 1. The minimum atomic E-state index is -2.01. The van der Waals surface area contributed by atoms with Gasteiger partial charge < -0.3 is 35.5 Å². The van der Waals surface area contributed by atoms with Gasteiger partial charge in [-0.2, -0.15) is 0 Å². The number of nitrogens with one attached hydrogen (secondary N) is 2. The number of pyridine rings is 2. The molecule has 0 bridgehead atoms. The highest BCUT2D eigenvalue weighted by atomic mass is 19.1. The average Bonchev–Trinajstić information content (AvgIpc) is 3.33. The fraction of sp³-hybridized carbons (Fsp3) is 0.357. The number of ether oxygens (including phenoxy) is 2. The Bertz CT molecular complexity index is 1740. The van der Waals surface area contributed by atoms with Crippen LogP contribution in [0.15, 0.2) is 23.0 Å². The summed E-state index contributed by atoms with van der Waals surface area (Å²) in [6, 6.07) is 4.16. The Morgan fingerprint density at radius 1 is 1.17 bits per heavy atom. The van der Waals surface area contributed by atoms with Gasteiger partial charge in [-0.25, -0.2) is 14.2 Å². The molecule has 220 valence electrons. The largest absolute Gasteiger partial charge is 0.494 e. The number of benzene rings is 1. The number of carbonyl (C=O) groups excluding carboxylic acids is 4. The molecular weight excluding hydrogens is 553 g/mol. The molecule has 0 saturated carbocycles. The van der Waals surface area contributed by atoms with Crippen LogP contribution in [0.1, 0.15) is 48.4 Å². The first-order chi connectivity index (χ1) is 20.0. The topological polar surface area (TPSA) is 192 Å². The molecule has 2 aliphatic rings. The van der Waals surface area contributed by atoms with Gasteiger partial charge in [-0.3, -0.25) is 19.2 Å². The van der Waals surface area contributed by atoms with E-state index < -0.39 is 40.7 Å². The van der Waals surface area contributed by atoms with Gasteiger partial charge in [0.1, 0.15) is 6.61 Å². The van der Waals surface area contributed by atoms with E-state index in [1.54, 1.807) is 6.92 Å². The summed E-state index contributed by atoms with van der Waals surface area (Å²) in [6.07, 6.45) is -0.335. The molecule has 0 fully saturated rings. The summed E-state index contributed by atoms with van der Waals surface area (Å²) in [5.41, 5.74) is 4.80. The molecule has 2 aromatic heterocycles. The van der Waals surface area contributed by atoms with Gasteiger partial charge in [0.15, 0.2) is 17.2 Å². The van der Waals surface area contributed by atoms with Gasteiger partial charge in [-0.05, 0) is 24.1 Å². The monoisotopic (exact) mass is 581 g/mol. The maximum Gasteiger partial charge on any atom is 0.343 e. The number of halogens is 1. The molecule has 1 atom stereocenters. The van der Waals surface area contributed by atoms with Crippen LogP contribution in [0.5, 0.6) is 5.75 Å². The third kappa shape index (κ3) is 4.83. The summed E-state index contributed by atoms with van der Waals surface area (Å²) in [5, 5.41) is 16.7. The zero-order valence-electron chi connectivity index (χ0n) is 22.8. The van der Waals surface area contributed by atoms with Crippen LogP contribution in [0, 0.1) is 5.82 Å². The molecule has 14 heteroatoms. The Labute approximate surface area is 237 Å². The third-order valence-corrected chi connectivity index (χ3v) is 7.59. The summed E-state index contributed by atoms with van der Waals surface area (Å²) >= 11 is 0. The van der Waals surface area contributed by atoms with Gasteiger partial charge in [0.05, 0.1) is 42.7 Å². The fourth-order valence-electron chi connectivity index (χ4n) is 5.28. The zero-order chi connectivity index (χ0) is 30.3. The van der Waals surface area contributed by atoms with Crippen molar-refractivity contribution in [3.8, 4) is 17.1 Å². The zero-order valence-corrected chi connectivity index (χ0v) is 22.8. The molecule has 5 rings (SSSR count). The summed E-state index contributed by atoms with van der Waals surface area (Å²) < 4.78 is 26.4. The molecule has 3 aromatic rings. The van der Waals surface area contributed by atoms with Crippen LogP contribution in [0.2, 0.25) is 0 Å². The first-order valence-corrected chi connectivity index (χ1v) is 13.2. The smallest absolute Gasteiger partial charge is 0.343 e. The summed E-state index contributed by atoms with van der Waals surface area (Å²) in [4.78, 5) is 66.0. The van der Waals surface area contributed by atoms with Gasteiger partial charge in [0.25, 0.3) is 5.56 Å². The van der Waals surface area contributed by atoms with Crippen LogP contribution in [0.4, 0.5) is 4.39 Å². The molecule has 0 aliphatic carbocycles. The average molecular weight is 582 g/mol. The van der Waals surface area contributed by atoms with Gasteiger partial charge in [0.2, 0.25) is 17.7 Å². The number of carbonyl (C=O) groups is 4. The number of methoxy groups -OCH3 is 1. The van der Waals surface area contributed by atoms with E-state index in [1.807, 2.05) is 0 Å². The van der Waals surface area contributed by atoms with Crippen LogP contribution in [0.25, 0.3) is 22.3 Å². The maximum atomic E-state index is 14.7. The van der Waals surface area contributed by atoms with Crippen molar-refractivity contribution in [3.63, 3.8) is 0 Å². The molecule has 4 heterocycles. The molecule has 5 N–H and O–H groups in total. The second-order valence-corrected chi connectivity index (χ2v) is 10.0. The number of hydrogen-bond donors (Lipinski definition) is 4. The van der Waals surface area contributed by atoms with Crippen LogP contribution in [-0.2, 0) is 49.2 Å². The second-order valence-electron chi connectivity index (χ2n) is 10.0. The lowest BCUT2D eigenvalue weighted by atomic mass is 9.86. The van der Waals surface area contributed by atoms with E-state index in [1.165, 1.54) is 29.9 Å². The summed E-state index contributed by atoms with van der Waals surface area (Å²) in [5.74, 6) is -3.28. The van der Waals surface area contributed by atoms with E-state index in [0.717, 1.165) is 0 Å². The van der Waals surface area contributed by atoms with E-state index in [4.69, 9.17) is 15.2 Å². The predicted molar refractivity (Wildman–Crippen MR) is 144 cm³/mol. The number of aromatic nitrogens is 2. The lowest BCUT2D eigenvalue weighted by Gasteiger charge is -2.31. The number of hydrogen-bond acceptors (Lipinski definition) is 9. The van der Waals surface area contributed by atoms with Gasteiger partial charge in [-0.15, -0.1) is 0 Å². The fourth-order valence-corrected chi connectivity index (χ4v) is 5.28. The van der Waals surface area contributed by atoms with Crippen molar-refractivity contribution in [2.75, 3.05) is 13.7 Å². The normalized spacial score (nSPS) is 16.7. The van der Waals surface area contributed by atoms with Gasteiger partial charge >= 0.3 is 5.97 Å². The maximum absolute atomic E-state index is 14.7. The molecule has 3 amide bonds. The van der Waals surface area contributed by atoms with Crippen LogP contribution in [-0.4, -0.2) is 52.0 Å². The number of fused-ring (bicyclic) bond motifs is 5. The number of nitrogens with zero attached hydrogens (tertiary/aromatic N) is 2. The van der Waals surface area contributed by atoms with Crippen molar-refractivity contribution in [2.24, 2.45) is 5.73 Å². The minimum absolute atomic E-state index is 0.0267. The van der Waals surface area contributed by atoms with Crippen LogP contribution in [0.3, 0.4) is 0 Å². The molecule has 1 aromatic carbocycles. The Morgan fingerprint density at radius 2 is 1.93 bits per heavy atom. The number of nitrogens with two attached hydrogens (primary N) is 1. The number of amides is 3. The van der Waals surface area contributed by atoms with E-state index in [9.17, 15) is 33.5 Å². The Balaban J connectivity index is 1.55. The lowest BCUT2D eigenvalue weighted by molar-refractivity contribution is -0.172. The minimum Gasteiger partial charge on any atom is -0.494 e. The molecule has 0 spiro atoms. The van der Waals surface area contributed by atoms with Crippen LogP contribution < -0.4 is 26.7 Å². The number of aliphatic hydroxyl groups is 1. The van der Waals surface area contributed by atoms with Gasteiger partial charge in [0, 0.05) is 42.0 Å². The molecule has 0 radical (unpaired) electrons. The predicted octanol–water partition coefficient (Wildman–Crippen LogP) is 0.225. The van der Waals surface area contributed by atoms with Crippen LogP contribution >= 0.6 is 0 Å². The molecule has 2 aliphatic heterocycles. The molecular formula is C28H28FN5O8. The molecule has 13 nitrogen and oxygen atoms in total. The highest BCUT2D eigenvalue weighted by Gasteiger charge is 2.45. The van der Waals surface area contributed by atoms with Crippen molar-refractivity contribution in [1.29, 1.82) is 0 Å². The number of esters is 1. The SMILES string of the molecule is CC[C@@]1(O)C(=O)OCc2c1cc1n(c2=O)Cc2c-1nc1cc(F)c(OC)cc1c2CNC(=O)CNC(=O)CCC(N)=O. The van der Waals surface area contributed by atoms with E-state index in [-0.39, 0.29) is 67.9 Å².